The zero-order chi connectivity index (χ0) is 11.0. The molecule has 1 aromatic carbocycles. The van der Waals surface area contributed by atoms with E-state index in [-0.39, 0.29) is 0 Å². The van der Waals surface area contributed by atoms with Crippen LogP contribution < -0.4 is 16.4 Å². The molecule has 1 aromatic heterocycles. The topological polar surface area (TPSA) is 39.2 Å². The second-order valence-corrected chi connectivity index (χ2v) is 4.20. The molecule has 2 aromatic rings. The van der Waals surface area contributed by atoms with Crippen molar-refractivity contribution < 1.29 is 4.42 Å². The van der Waals surface area contributed by atoms with Gasteiger partial charge < -0.3 is 10.2 Å². The van der Waals surface area contributed by atoms with Crippen LogP contribution in [0.1, 0.15) is 18.4 Å². The molecule has 0 spiro atoms. The highest BCUT2D eigenvalue weighted by Crippen LogP contribution is 2.16. The summed E-state index contributed by atoms with van der Waals surface area (Å²) in [6.45, 7) is 0.665. The minimum atomic E-state index is 0.665. The van der Waals surface area contributed by atoms with Crippen molar-refractivity contribution in [3.05, 3.63) is 34.4 Å². The van der Waals surface area contributed by atoms with E-state index in [1.165, 1.54) is 16.2 Å². The van der Waals surface area contributed by atoms with Gasteiger partial charge in [-0.05, 0) is 37.4 Å². The molecule has 0 radical (unpaired) electrons. The van der Waals surface area contributed by atoms with Crippen LogP contribution in [0.15, 0.2) is 22.6 Å². The van der Waals surface area contributed by atoms with Crippen LogP contribution in [0.5, 0.6) is 0 Å². The number of hydrogen-bond acceptors (Lipinski definition) is 2. The first-order valence-corrected chi connectivity index (χ1v) is 5.81. The third-order valence-electron chi connectivity index (χ3n) is 3.12. The molecular formula is C14H15NO. The monoisotopic (exact) mass is 213 g/mol. The molecule has 0 amide bonds. The standard InChI is InChI=1S/C14H15NO/c15-9-8-10-4-3-6-12-11-5-1-2-7-13(11)16-14(10)12/h3-7H,1-2,8-9,15H2. The first kappa shape index (κ1) is 9.67. The van der Waals surface area contributed by atoms with Crippen LogP contribution in [0.4, 0.5) is 0 Å². The van der Waals surface area contributed by atoms with Gasteiger partial charge in [-0.1, -0.05) is 24.3 Å². The van der Waals surface area contributed by atoms with Crippen molar-refractivity contribution in [3.8, 4) is 0 Å². The molecule has 0 bridgehead atoms. The third kappa shape index (κ3) is 1.38. The summed E-state index contributed by atoms with van der Waals surface area (Å²) in [5.74, 6) is 0. The van der Waals surface area contributed by atoms with E-state index in [1.54, 1.807) is 0 Å². The minimum Gasteiger partial charge on any atom is -0.456 e. The van der Waals surface area contributed by atoms with E-state index in [9.17, 15) is 0 Å². The normalized spacial score (nSPS) is 14.3. The van der Waals surface area contributed by atoms with E-state index in [0.29, 0.717) is 6.54 Å². The second-order valence-electron chi connectivity index (χ2n) is 4.20. The van der Waals surface area contributed by atoms with E-state index < -0.39 is 0 Å². The quantitative estimate of drug-likeness (QED) is 0.816. The number of benzene rings is 1. The van der Waals surface area contributed by atoms with Gasteiger partial charge in [0.2, 0.25) is 0 Å². The summed E-state index contributed by atoms with van der Waals surface area (Å²) >= 11 is 0. The summed E-state index contributed by atoms with van der Waals surface area (Å²) in [6.07, 6.45) is 7.53. The van der Waals surface area contributed by atoms with E-state index in [2.05, 4.69) is 30.4 Å². The molecule has 1 aliphatic rings. The lowest BCUT2D eigenvalue weighted by Gasteiger charge is -1.98. The predicted octanol–water partition coefficient (Wildman–Crippen LogP) is 1.29. The van der Waals surface area contributed by atoms with Gasteiger partial charge in [0.15, 0.2) is 0 Å². The van der Waals surface area contributed by atoms with E-state index in [0.717, 1.165) is 30.3 Å². The average Bonchev–Trinajstić information content (AvgIpc) is 2.69. The lowest BCUT2D eigenvalue weighted by atomic mass is 10.1. The van der Waals surface area contributed by atoms with Gasteiger partial charge in [-0.15, -0.1) is 0 Å². The first-order chi connectivity index (χ1) is 7.90. The molecule has 16 heavy (non-hydrogen) atoms. The highest BCUT2D eigenvalue weighted by molar-refractivity contribution is 5.82. The highest BCUT2D eigenvalue weighted by atomic mass is 16.3. The Labute approximate surface area is 94.1 Å². The summed E-state index contributed by atoms with van der Waals surface area (Å²) in [4.78, 5) is 0. The van der Waals surface area contributed by atoms with E-state index in [1.807, 2.05) is 0 Å². The van der Waals surface area contributed by atoms with Crippen molar-refractivity contribution in [1.29, 1.82) is 0 Å². The van der Waals surface area contributed by atoms with Crippen molar-refractivity contribution in [2.45, 2.75) is 19.3 Å². The number of furan rings is 1. The lowest BCUT2D eigenvalue weighted by Crippen LogP contribution is -2.21. The van der Waals surface area contributed by atoms with Gasteiger partial charge in [0, 0.05) is 10.6 Å². The molecule has 0 saturated heterocycles. The summed E-state index contributed by atoms with van der Waals surface area (Å²) in [6, 6.07) is 6.32. The molecule has 0 saturated carbocycles. The second kappa shape index (κ2) is 3.80. The molecule has 0 atom stereocenters. The largest absolute Gasteiger partial charge is 0.456 e. The van der Waals surface area contributed by atoms with E-state index >= 15 is 0 Å². The Bertz CT molecular complexity index is 637. The minimum absolute atomic E-state index is 0.665. The number of hydrogen-bond donors (Lipinski definition) is 1. The summed E-state index contributed by atoms with van der Waals surface area (Å²) in [5, 5.41) is 2.50. The molecular weight excluding hydrogens is 198 g/mol. The van der Waals surface area contributed by atoms with Gasteiger partial charge in [-0.3, -0.25) is 0 Å². The van der Waals surface area contributed by atoms with Crippen molar-refractivity contribution in [3.63, 3.8) is 0 Å². The van der Waals surface area contributed by atoms with Gasteiger partial charge in [0.1, 0.15) is 11.0 Å². The van der Waals surface area contributed by atoms with Gasteiger partial charge in [-0.2, -0.15) is 0 Å². The summed E-state index contributed by atoms with van der Waals surface area (Å²) < 4.78 is 5.93. The lowest BCUT2D eigenvalue weighted by molar-refractivity contribution is 0.567. The Balaban J connectivity index is 2.39. The van der Waals surface area contributed by atoms with Crippen molar-refractivity contribution in [2.75, 3.05) is 6.54 Å². The smallest absolute Gasteiger partial charge is 0.138 e. The molecule has 0 fully saturated rings. The number of nitrogens with two attached hydrogens (primary N) is 1. The molecule has 0 unspecified atom stereocenters. The number of para-hydroxylation sites is 1. The van der Waals surface area contributed by atoms with Crippen molar-refractivity contribution in [1.82, 2.24) is 0 Å². The van der Waals surface area contributed by atoms with Gasteiger partial charge in [-0.25, -0.2) is 0 Å². The van der Waals surface area contributed by atoms with Crippen LogP contribution in [0, 0.1) is 0 Å². The van der Waals surface area contributed by atoms with Crippen molar-refractivity contribution >= 4 is 23.1 Å². The fraction of sp³-hybridized carbons (Fsp3) is 0.286. The number of rotatable bonds is 2. The molecule has 0 aliphatic heterocycles. The Kier molecular flexibility index (Phi) is 2.29. The SMILES string of the molecule is NCCc1cccc2c3c(oc12)=CCCC=3. The first-order valence-electron chi connectivity index (χ1n) is 5.81. The Morgan fingerprint density at radius 1 is 1.19 bits per heavy atom. The maximum atomic E-state index is 5.93. The Morgan fingerprint density at radius 2 is 2.06 bits per heavy atom. The van der Waals surface area contributed by atoms with Gasteiger partial charge >= 0.3 is 0 Å². The average molecular weight is 213 g/mol. The Morgan fingerprint density at radius 3 is 2.94 bits per heavy atom. The van der Waals surface area contributed by atoms with Crippen LogP contribution >= 0.6 is 0 Å². The molecule has 1 heterocycles. The summed E-state index contributed by atoms with van der Waals surface area (Å²) in [5.41, 5.74) is 8.89. The maximum absolute atomic E-state index is 5.93. The molecule has 2 nitrogen and oxygen atoms in total. The summed E-state index contributed by atoms with van der Waals surface area (Å²) in [7, 11) is 0. The molecule has 2 heteroatoms. The van der Waals surface area contributed by atoms with Crippen molar-refractivity contribution in [2.24, 2.45) is 5.73 Å². The van der Waals surface area contributed by atoms with Crippen LogP contribution in [0.3, 0.4) is 0 Å². The van der Waals surface area contributed by atoms with Crippen LogP contribution in [0.25, 0.3) is 23.1 Å². The Hall–Kier alpha value is -1.54. The molecule has 2 N–H and O–H groups in total. The van der Waals surface area contributed by atoms with Crippen LogP contribution in [-0.2, 0) is 6.42 Å². The van der Waals surface area contributed by atoms with E-state index in [4.69, 9.17) is 10.2 Å². The van der Waals surface area contributed by atoms with Crippen LogP contribution in [0.2, 0.25) is 0 Å². The highest BCUT2D eigenvalue weighted by Gasteiger charge is 2.08. The number of fused-ring (bicyclic) bond motifs is 3. The molecule has 1 aliphatic carbocycles. The van der Waals surface area contributed by atoms with Crippen LogP contribution in [-0.4, -0.2) is 6.54 Å². The van der Waals surface area contributed by atoms with Gasteiger partial charge in [0.05, 0.1) is 0 Å². The zero-order valence-electron chi connectivity index (χ0n) is 9.20. The van der Waals surface area contributed by atoms with Gasteiger partial charge in [0.25, 0.3) is 0 Å². The predicted molar refractivity (Wildman–Crippen MR) is 66.4 cm³/mol. The third-order valence-corrected chi connectivity index (χ3v) is 3.12. The molecule has 3 rings (SSSR count). The zero-order valence-corrected chi connectivity index (χ0v) is 9.20. The fourth-order valence-electron chi connectivity index (χ4n) is 2.37. The fourth-order valence-corrected chi connectivity index (χ4v) is 2.37. The molecule has 82 valence electrons. The maximum Gasteiger partial charge on any atom is 0.138 e.